The van der Waals surface area contributed by atoms with Gasteiger partial charge in [-0.15, -0.1) is 0 Å². The largest absolute Gasteiger partial charge is 0.337 e. The number of hydrogen-bond donors (Lipinski definition) is 1. The first-order valence-corrected chi connectivity index (χ1v) is 12.6. The summed E-state index contributed by atoms with van der Waals surface area (Å²) in [5.41, 5.74) is 0.874. The van der Waals surface area contributed by atoms with Gasteiger partial charge in [0.25, 0.3) is 15.9 Å². The number of amides is 1. The second kappa shape index (κ2) is 9.71. The summed E-state index contributed by atoms with van der Waals surface area (Å²) in [7, 11) is -3.77. The Labute approximate surface area is 189 Å². The molecule has 7 heteroatoms. The summed E-state index contributed by atoms with van der Waals surface area (Å²) in [5, 5.41) is 1.84. The molecule has 1 amide bonds. The Balaban J connectivity index is 1.50. The molecule has 1 heterocycles. The fraction of sp³-hybridized carbons (Fsp3) is 0.320. The molecule has 0 aliphatic carbocycles. The van der Waals surface area contributed by atoms with Crippen molar-refractivity contribution in [2.75, 3.05) is 37.4 Å². The number of sulfonamides is 1. The monoisotopic (exact) mass is 451 g/mol. The van der Waals surface area contributed by atoms with Gasteiger partial charge in [-0.3, -0.25) is 9.52 Å². The predicted octanol–water partition coefficient (Wildman–Crippen LogP) is 4.20. The smallest absolute Gasteiger partial charge is 0.261 e. The number of rotatable bonds is 6. The number of anilines is 1. The molecule has 0 bridgehead atoms. The summed E-state index contributed by atoms with van der Waals surface area (Å²) < 4.78 is 28.5. The summed E-state index contributed by atoms with van der Waals surface area (Å²) in [4.78, 5) is 17.5. The van der Waals surface area contributed by atoms with Crippen molar-refractivity contribution < 1.29 is 13.2 Å². The third kappa shape index (κ3) is 5.11. The minimum Gasteiger partial charge on any atom is -0.337 e. The van der Waals surface area contributed by atoms with Gasteiger partial charge in [0.2, 0.25) is 0 Å². The van der Waals surface area contributed by atoms with Crippen LogP contribution in [-0.4, -0.2) is 56.8 Å². The van der Waals surface area contributed by atoms with Crippen molar-refractivity contribution >= 4 is 32.4 Å². The van der Waals surface area contributed by atoms with E-state index in [-0.39, 0.29) is 10.8 Å². The number of nitrogens with one attached hydrogen (secondary N) is 1. The van der Waals surface area contributed by atoms with Crippen LogP contribution in [0.2, 0.25) is 0 Å². The van der Waals surface area contributed by atoms with Crippen molar-refractivity contribution in [3.8, 4) is 0 Å². The van der Waals surface area contributed by atoms with Crippen LogP contribution in [0.15, 0.2) is 71.6 Å². The zero-order valence-corrected chi connectivity index (χ0v) is 19.1. The lowest BCUT2D eigenvalue weighted by atomic mass is 10.1. The molecule has 1 N–H and O–H groups in total. The molecule has 0 unspecified atom stereocenters. The highest BCUT2D eigenvalue weighted by Crippen LogP contribution is 2.22. The van der Waals surface area contributed by atoms with Gasteiger partial charge in [-0.05, 0) is 67.0 Å². The third-order valence-corrected chi connectivity index (χ3v) is 7.19. The molecule has 3 aromatic rings. The zero-order valence-electron chi connectivity index (χ0n) is 18.3. The van der Waals surface area contributed by atoms with Crippen LogP contribution in [0, 0.1) is 0 Å². The maximum Gasteiger partial charge on any atom is 0.261 e. The van der Waals surface area contributed by atoms with Gasteiger partial charge in [0, 0.05) is 30.9 Å². The van der Waals surface area contributed by atoms with E-state index in [0.29, 0.717) is 24.3 Å². The topological polar surface area (TPSA) is 69.7 Å². The van der Waals surface area contributed by atoms with E-state index in [0.717, 1.165) is 43.2 Å². The molecule has 3 aromatic carbocycles. The van der Waals surface area contributed by atoms with E-state index < -0.39 is 10.0 Å². The second-order valence-electron chi connectivity index (χ2n) is 8.18. The number of fused-ring (bicyclic) bond motifs is 1. The summed E-state index contributed by atoms with van der Waals surface area (Å²) in [6.07, 6.45) is 2.05. The Morgan fingerprint density at radius 1 is 0.906 bits per heavy atom. The van der Waals surface area contributed by atoms with Crippen LogP contribution in [0.4, 0.5) is 5.69 Å². The van der Waals surface area contributed by atoms with Crippen LogP contribution >= 0.6 is 0 Å². The molecule has 0 saturated carbocycles. The molecule has 6 nitrogen and oxygen atoms in total. The standard InChI is InChI=1S/C25H29N3O3S/c1-2-13-27-14-6-15-28(17-16-27)25(29)22-9-5-10-23(18-22)26-32(30,31)24-12-11-20-7-3-4-8-21(20)19-24/h3-5,7-12,18-19,26H,2,6,13-17H2,1H3. The van der Waals surface area contributed by atoms with Crippen LogP contribution in [0.25, 0.3) is 10.8 Å². The first kappa shape index (κ1) is 22.3. The molecular formula is C25H29N3O3S. The van der Waals surface area contributed by atoms with E-state index in [9.17, 15) is 13.2 Å². The quantitative estimate of drug-likeness (QED) is 0.610. The lowest BCUT2D eigenvalue weighted by Crippen LogP contribution is -2.35. The molecule has 32 heavy (non-hydrogen) atoms. The summed E-state index contributed by atoms with van der Waals surface area (Å²) in [6, 6.07) is 19.4. The van der Waals surface area contributed by atoms with Crippen LogP contribution in [0.5, 0.6) is 0 Å². The molecule has 1 fully saturated rings. The van der Waals surface area contributed by atoms with Crippen LogP contribution in [0.1, 0.15) is 30.1 Å². The molecule has 0 spiro atoms. The number of carbonyl (C=O) groups excluding carboxylic acids is 1. The van der Waals surface area contributed by atoms with Crippen molar-refractivity contribution in [2.45, 2.75) is 24.7 Å². The average Bonchev–Trinajstić information content (AvgIpc) is 3.04. The van der Waals surface area contributed by atoms with E-state index >= 15 is 0 Å². The third-order valence-electron chi connectivity index (χ3n) is 5.81. The molecule has 1 aliphatic rings. The minimum absolute atomic E-state index is 0.0601. The van der Waals surface area contributed by atoms with Crippen LogP contribution < -0.4 is 4.72 Å². The fourth-order valence-electron chi connectivity index (χ4n) is 4.16. The Kier molecular flexibility index (Phi) is 6.77. The summed E-state index contributed by atoms with van der Waals surface area (Å²) in [6.45, 7) is 6.49. The highest BCUT2D eigenvalue weighted by atomic mass is 32.2. The molecular weight excluding hydrogens is 422 g/mol. The highest BCUT2D eigenvalue weighted by Gasteiger charge is 2.21. The molecule has 1 aliphatic heterocycles. The fourth-order valence-corrected chi connectivity index (χ4v) is 5.25. The van der Waals surface area contributed by atoms with Crippen LogP contribution in [-0.2, 0) is 10.0 Å². The van der Waals surface area contributed by atoms with E-state index in [1.807, 2.05) is 29.2 Å². The van der Waals surface area contributed by atoms with Crippen LogP contribution in [0.3, 0.4) is 0 Å². The minimum atomic E-state index is -3.77. The van der Waals surface area contributed by atoms with E-state index in [1.54, 1.807) is 42.5 Å². The number of benzene rings is 3. The molecule has 0 radical (unpaired) electrons. The van der Waals surface area contributed by atoms with Gasteiger partial charge in [-0.1, -0.05) is 43.3 Å². The van der Waals surface area contributed by atoms with Crippen molar-refractivity contribution in [1.29, 1.82) is 0 Å². The average molecular weight is 452 g/mol. The maximum absolute atomic E-state index is 13.1. The summed E-state index contributed by atoms with van der Waals surface area (Å²) >= 11 is 0. The van der Waals surface area contributed by atoms with E-state index in [4.69, 9.17) is 0 Å². The lowest BCUT2D eigenvalue weighted by Gasteiger charge is -2.22. The summed E-state index contributed by atoms with van der Waals surface area (Å²) in [5.74, 6) is -0.0601. The van der Waals surface area contributed by atoms with E-state index in [2.05, 4.69) is 16.5 Å². The number of nitrogens with zero attached hydrogens (tertiary/aromatic N) is 2. The zero-order chi connectivity index (χ0) is 22.6. The van der Waals surface area contributed by atoms with Gasteiger partial charge in [0.1, 0.15) is 0 Å². The van der Waals surface area contributed by atoms with Gasteiger partial charge in [0.05, 0.1) is 4.90 Å². The lowest BCUT2D eigenvalue weighted by molar-refractivity contribution is 0.0761. The second-order valence-corrected chi connectivity index (χ2v) is 9.87. The highest BCUT2D eigenvalue weighted by molar-refractivity contribution is 7.92. The van der Waals surface area contributed by atoms with Gasteiger partial charge in [-0.2, -0.15) is 0 Å². The molecule has 168 valence electrons. The Morgan fingerprint density at radius 3 is 2.53 bits per heavy atom. The predicted molar refractivity (Wildman–Crippen MR) is 128 cm³/mol. The molecule has 4 rings (SSSR count). The van der Waals surface area contributed by atoms with Crippen molar-refractivity contribution in [3.05, 3.63) is 72.3 Å². The first-order valence-electron chi connectivity index (χ1n) is 11.1. The van der Waals surface area contributed by atoms with Gasteiger partial charge in [0.15, 0.2) is 0 Å². The van der Waals surface area contributed by atoms with Crippen molar-refractivity contribution in [3.63, 3.8) is 0 Å². The first-order chi connectivity index (χ1) is 15.5. The number of hydrogen-bond acceptors (Lipinski definition) is 4. The number of carbonyl (C=O) groups is 1. The molecule has 0 atom stereocenters. The van der Waals surface area contributed by atoms with E-state index in [1.165, 1.54) is 0 Å². The van der Waals surface area contributed by atoms with Crippen molar-refractivity contribution in [2.24, 2.45) is 0 Å². The molecule has 1 saturated heterocycles. The Morgan fingerprint density at radius 2 is 1.72 bits per heavy atom. The maximum atomic E-state index is 13.1. The Hall–Kier alpha value is -2.90. The molecule has 0 aromatic heterocycles. The van der Waals surface area contributed by atoms with Gasteiger partial charge >= 0.3 is 0 Å². The van der Waals surface area contributed by atoms with Gasteiger partial charge < -0.3 is 9.80 Å². The van der Waals surface area contributed by atoms with Crippen molar-refractivity contribution in [1.82, 2.24) is 9.80 Å². The van der Waals surface area contributed by atoms with Gasteiger partial charge in [-0.25, -0.2) is 8.42 Å². The Bertz CT molecular complexity index is 1210. The normalized spacial score (nSPS) is 15.5. The SMILES string of the molecule is CCCN1CCCN(C(=O)c2cccc(NS(=O)(=O)c3ccc4ccccc4c3)c2)CC1.